The highest BCUT2D eigenvalue weighted by Crippen LogP contribution is 2.25. The number of nitrogens with zero attached hydrogens (tertiary/aromatic N) is 3. The van der Waals surface area contributed by atoms with E-state index in [9.17, 15) is 9.50 Å². The van der Waals surface area contributed by atoms with Gasteiger partial charge in [-0.25, -0.2) is 4.39 Å². The van der Waals surface area contributed by atoms with Crippen molar-refractivity contribution in [2.75, 3.05) is 7.11 Å². The maximum Gasteiger partial charge on any atom is 0.191 e. The molecular formula is C14H18FN3O2S. The van der Waals surface area contributed by atoms with Crippen LogP contribution in [0.25, 0.3) is 0 Å². The molecule has 2 rings (SSSR count). The van der Waals surface area contributed by atoms with Gasteiger partial charge in [0.15, 0.2) is 22.5 Å². The number of rotatable bonds is 7. The number of benzene rings is 1. The number of methoxy groups -OCH3 is 1. The van der Waals surface area contributed by atoms with Gasteiger partial charge < -0.3 is 14.4 Å². The Balaban J connectivity index is 2.09. The third kappa shape index (κ3) is 3.74. The Morgan fingerprint density at radius 2 is 2.19 bits per heavy atom. The lowest BCUT2D eigenvalue weighted by atomic mass is 10.2. The van der Waals surface area contributed by atoms with Crippen molar-refractivity contribution >= 4 is 11.8 Å². The minimum absolute atomic E-state index is 0.134. The van der Waals surface area contributed by atoms with Crippen LogP contribution in [0.5, 0.6) is 5.75 Å². The zero-order valence-electron chi connectivity index (χ0n) is 12.0. The highest BCUT2D eigenvalue weighted by Gasteiger charge is 2.12. The zero-order chi connectivity index (χ0) is 15.2. The van der Waals surface area contributed by atoms with Crippen molar-refractivity contribution in [3.8, 4) is 5.75 Å². The largest absolute Gasteiger partial charge is 0.494 e. The summed E-state index contributed by atoms with van der Waals surface area (Å²) < 4.78 is 20.4. The van der Waals surface area contributed by atoms with E-state index in [0.29, 0.717) is 11.6 Å². The first kappa shape index (κ1) is 15.8. The van der Waals surface area contributed by atoms with Gasteiger partial charge >= 0.3 is 0 Å². The standard InChI is InChI=1S/C14H18FN3O2S/c1-3-6-18-13(8-19)16-17-14(18)21-9-10-4-5-12(20-2)11(15)7-10/h4-5,7,19H,3,6,8-9H2,1-2H3. The van der Waals surface area contributed by atoms with Gasteiger partial charge in [-0.2, -0.15) is 0 Å². The SMILES string of the molecule is CCCn1c(CO)nnc1SCc1ccc(OC)c(F)c1. The molecule has 2 aromatic rings. The molecule has 0 radical (unpaired) electrons. The van der Waals surface area contributed by atoms with Crippen LogP contribution >= 0.6 is 11.8 Å². The van der Waals surface area contributed by atoms with Crippen molar-refractivity contribution in [3.05, 3.63) is 35.4 Å². The number of hydrogen-bond donors (Lipinski definition) is 1. The molecule has 0 aliphatic carbocycles. The summed E-state index contributed by atoms with van der Waals surface area (Å²) in [7, 11) is 1.44. The van der Waals surface area contributed by atoms with Crippen molar-refractivity contribution in [3.63, 3.8) is 0 Å². The van der Waals surface area contributed by atoms with Gasteiger partial charge in [0.05, 0.1) is 7.11 Å². The van der Waals surface area contributed by atoms with Crippen molar-refractivity contribution < 1.29 is 14.2 Å². The fourth-order valence-corrected chi connectivity index (χ4v) is 2.86. The normalized spacial score (nSPS) is 10.9. The first-order valence-electron chi connectivity index (χ1n) is 6.67. The van der Waals surface area contributed by atoms with Crippen molar-refractivity contribution in [1.29, 1.82) is 0 Å². The highest BCUT2D eigenvalue weighted by molar-refractivity contribution is 7.98. The Kier molecular flexibility index (Phi) is 5.58. The molecule has 0 unspecified atom stereocenters. The van der Waals surface area contributed by atoms with Crippen molar-refractivity contribution in [2.24, 2.45) is 0 Å². The molecule has 0 saturated carbocycles. The third-order valence-electron chi connectivity index (χ3n) is 2.97. The summed E-state index contributed by atoms with van der Waals surface area (Å²) in [5.74, 6) is 0.996. The molecule has 0 aliphatic heterocycles. The molecule has 7 heteroatoms. The Hall–Kier alpha value is -1.60. The molecule has 5 nitrogen and oxygen atoms in total. The molecule has 0 saturated heterocycles. The van der Waals surface area contributed by atoms with Gasteiger partial charge in [0.25, 0.3) is 0 Å². The average molecular weight is 311 g/mol. The molecule has 114 valence electrons. The lowest BCUT2D eigenvalue weighted by Gasteiger charge is -2.08. The van der Waals surface area contributed by atoms with E-state index in [1.807, 2.05) is 10.6 Å². The van der Waals surface area contributed by atoms with Crippen LogP contribution in [0.15, 0.2) is 23.4 Å². The molecule has 1 heterocycles. The molecule has 0 atom stereocenters. The summed E-state index contributed by atoms with van der Waals surface area (Å²) in [5, 5.41) is 18.0. The molecule has 1 aromatic carbocycles. The summed E-state index contributed by atoms with van der Waals surface area (Å²) in [6, 6.07) is 4.89. The van der Waals surface area contributed by atoms with Crippen LogP contribution in [0.3, 0.4) is 0 Å². The average Bonchev–Trinajstić information content (AvgIpc) is 2.88. The van der Waals surface area contributed by atoms with Crippen LogP contribution in [-0.2, 0) is 18.9 Å². The van der Waals surface area contributed by atoms with Crippen LogP contribution in [0.1, 0.15) is 24.7 Å². The van der Waals surface area contributed by atoms with Gasteiger partial charge in [0, 0.05) is 12.3 Å². The van der Waals surface area contributed by atoms with Gasteiger partial charge in [-0.15, -0.1) is 10.2 Å². The summed E-state index contributed by atoms with van der Waals surface area (Å²) in [6.07, 6.45) is 0.926. The summed E-state index contributed by atoms with van der Waals surface area (Å²) in [4.78, 5) is 0. The fraction of sp³-hybridized carbons (Fsp3) is 0.429. The molecule has 21 heavy (non-hydrogen) atoms. The number of aliphatic hydroxyl groups is 1. The van der Waals surface area contributed by atoms with Gasteiger partial charge in [-0.3, -0.25) is 0 Å². The maximum atomic E-state index is 13.6. The van der Waals surface area contributed by atoms with E-state index in [2.05, 4.69) is 17.1 Å². The first-order valence-corrected chi connectivity index (χ1v) is 7.66. The molecule has 1 N–H and O–H groups in total. The minimum atomic E-state index is -0.373. The molecule has 0 bridgehead atoms. The number of thioether (sulfide) groups is 1. The van der Waals surface area contributed by atoms with Crippen LogP contribution in [-0.4, -0.2) is 27.0 Å². The summed E-state index contributed by atoms with van der Waals surface area (Å²) >= 11 is 1.47. The lowest BCUT2D eigenvalue weighted by molar-refractivity contribution is 0.263. The fourth-order valence-electron chi connectivity index (χ4n) is 1.94. The predicted octanol–water partition coefficient (Wildman–Crippen LogP) is 2.62. The highest BCUT2D eigenvalue weighted by atomic mass is 32.2. The maximum absolute atomic E-state index is 13.6. The monoisotopic (exact) mass is 311 g/mol. The Bertz CT molecular complexity index is 604. The van der Waals surface area contributed by atoms with Gasteiger partial charge in [0.1, 0.15) is 6.61 Å². The van der Waals surface area contributed by atoms with Crippen LogP contribution in [0, 0.1) is 5.82 Å². The Morgan fingerprint density at radius 1 is 1.38 bits per heavy atom. The molecule has 0 amide bonds. The quantitative estimate of drug-likeness (QED) is 0.797. The van der Waals surface area contributed by atoms with E-state index >= 15 is 0 Å². The molecule has 0 fully saturated rings. The molecular weight excluding hydrogens is 293 g/mol. The topological polar surface area (TPSA) is 60.2 Å². The van der Waals surface area contributed by atoms with E-state index in [-0.39, 0.29) is 18.2 Å². The lowest BCUT2D eigenvalue weighted by Crippen LogP contribution is -2.04. The Morgan fingerprint density at radius 3 is 2.81 bits per heavy atom. The van der Waals surface area contributed by atoms with Crippen molar-refractivity contribution in [2.45, 2.75) is 37.4 Å². The Labute approximate surface area is 127 Å². The first-order chi connectivity index (χ1) is 10.2. The number of hydrogen-bond acceptors (Lipinski definition) is 5. The number of ether oxygens (including phenoxy) is 1. The summed E-state index contributed by atoms with van der Waals surface area (Å²) in [6.45, 7) is 2.67. The van der Waals surface area contributed by atoms with Gasteiger partial charge in [-0.1, -0.05) is 24.8 Å². The van der Waals surface area contributed by atoms with Crippen LogP contribution in [0.2, 0.25) is 0 Å². The molecule has 0 aliphatic rings. The molecule has 0 spiro atoms. The van der Waals surface area contributed by atoms with Crippen molar-refractivity contribution in [1.82, 2.24) is 14.8 Å². The van der Waals surface area contributed by atoms with E-state index in [4.69, 9.17) is 4.74 Å². The second-order valence-electron chi connectivity index (χ2n) is 4.47. The van der Waals surface area contributed by atoms with E-state index in [1.165, 1.54) is 24.9 Å². The van der Waals surface area contributed by atoms with Crippen LogP contribution < -0.4 is 4.74 Å². The number of aromatic nitrogens is 3. The van der Waals surface area contributed by atoms with Crippen LogP contribution in [0.4, 0.5) is 4.39 Å². The van der Waals surface area contributed by atoms with E-state index < -0.39 is 0 Å². The minimum Gasteiger partial charge on any atom is -0.494 e. The van der Waals surface area contributed by atoms with E-state index in [0.717, 1.165) is 23.7 Å². The van der Waals surface area contributed by atoms with E-state index in [1.54, 1.807) is 6.07 Å². The molecule has 1 aromatic heterocycles. The predicted molar refractivity (Wildman–Crippen MR) is 78.7 cm³/mol. The second kappa shape index (κ2) is 7.42. The summed E-state index contributed by atoms with van der Waals surface area (Å²) in [5.41, 5.74) is 0.842. The van der Waals surface area contributed by atoms with Gasteiger partial charge in [0.2, 0.25) is 0 Å². The third-order valence-corrected chi connectivity index (χ3v) is 4.00. The smallest absolute Gasteiger partial charge is 0.191 e. The number of aliphatic hydroxyl groups excluding tert-OH is 1. The zero-order valence-corrected chi connectivity index (χ0v) is 12.9. The second-order valence-corrected chi connectivity index (χ2v) is 5.41. The number of halogens is 1. The van der Waals surface area contributed by atoms with Gasteiger partial charge in [-0.05, 0) is 24.1 Å².